The third-order valence-electron chi connectivity index (χ3n) is 3.01. The maximum atomic E-state index is 5.24. The fourth-order valence-corrected chi connectivity index (χ4v) is 3.19. The number of hydrogen-bond acceptors (Lipinski definition) is 3. The third-order valence-corrected chi connectivity index (χ3v) is 4.55. The Kier molecular flexibility index (Phi) is 3.17. The molecule has 2 heterocycles. The van der Waals surface area contributed by atoms with Gasteiger partial charge in [-0.1, -0.05) is 13.8 Å². The number of hydrogen-bond donors (Lipinski definition) is 0. The average Bonchev–Trinajstić information content (AvgIpc) is 2.01. The van der Waals surface area contributed by atoms with E-state index < -0.39 is 0 Å². The van der Waals surface area contributed by atoms with Crippen molar-refractivity contribution in [2.75, 3.05) is 32.1 Å². The highest BCUT2D eigenvalue weighted by Crippen LogP contribution is 2.27. The molecule has 0 saturated carbocycles. The first kappa shape index (κ1) is 9.81. The molecule has 2 aliphatic heterocycles. The van der Waals surface area contributed by atoms with Crippen LogP contribution in [-0.2, 0) is 4.74 Å². The topological polar surface area (TPSA) is 12.5 Å². The summed E-state index contributed by atoms with van der Waals surface area (Å²) in [4.78, 5) is 2.62. The van der Waals surface area contributed by atoms with E-state index >= 15 is 0 Å². The monoisotopic (exact) mass is 201 g/mol. The van der Waals surface area contributed by atoms with E-state index in [9.17, 15) is 0 Å². The van der Waals surface area contributed by atoms with Gasteiger partial charge in [0.25, 0.3) is 0 Å². The molecular formula is C10H19NOS. The maximum Gasteiger partial charge on any atom is 0.0645 e. The molecule has 2 saturated heterocycles. The molecule has 2 nitrogen and oxygen atoms in total. The fourth-order valence-electron chi connectivity index (χ4n) is 1.87. The summed E-state index contributed by atoms with van der Waals surface area (Å²) in [6.07, 6.45) is 0. The molecule has 2 fully saturated rings. The predicted molar refractivity (Wildman–Crippen MR) is 57.3 cm³/mol. The summed E-state index contributed by atoms with van der Waals surface area (Å²) in [7, 11) is 0. The van der Waals surface area contributed by atoms with E-state index in [-0.39, 0.29) is 0 Å². The molecule has 0 aromatic rings. The van der Waals surface area contributed by atoms with Crippen LogP contribution >= 0.6 is 11.8 Å². The Bertz CT molecular complexity index is 170. The van der Waals surface area contributed by atoms with Crippen LogP contribution in [0.3, 0.4) is 0 Å². The van der Waals surface area contributed by atoms with Crippen LogP contribution in [0.4, 0.5) is 0 Å². The van der Waals surface area contributed by atoms with Crippen molar-refractivity contribution < 1.29 is 4.74 Å². The Balaban J connectivity index is 1.84. The summed E-state index contributed by atoms with van der Waals surface area (Å²) in [5.74, 6) is 2.12. The molecule has 0 spiro atoms. The lowest BCUT2D eigenvalue weighted by molar-refractivity contribution is -0.0643. The summed E-state index contributed by atoms with van der Waals surface area (Å²) in [6.45, 7) is 9.14. The van der Waals surface area contributed by atoms with Gasteiger partial charge in [-0.2, -0.15) is 11.8 Å². The highest BCUT2D eigenvalue weighted by atomic mass is 32.2. The second-order valence-corrected chi connectivity index (χ2v) is 5.69. The van der Waals surface area contributed by atoms with Crippen LogP contribution < -0.4 is 0 Å². The van der Waals surface area contributed by atoms with Gasteiger partial charge in [0.05, 0.1) is 19.3 Å². The normalized spacial score (nSPS) is 32.1. The molecule has 1 atom stereocenters. The van der Waals surface area contributed by atoms with Gasteiger partial charge < -0.3 is 4.74 Å². The number of rotatable bonds is 2. The van der Waals surface area contributed by atoms with Crippen molar-refractivity contribution >= 4 is 11.8 Å². The SMILES string of the molecule is CC(C)C1CN(C2COC2)CCS1. The minimum atomic E-state index is 0.738. The van der Waals surface area contributed by atoms with Crippen LogP contribution in [0.5, 0.6) is 0 Å². The molecule has 0 bridgehead atoms. The van der Waals surface area contributed by atoms with Crippen molar-refractivity contribution in [2.24, 2.45) is 5.92 Å². The van der Waals surface area contributed by atoms with Crippen LogP contribution in [-0.4, -0.2) is 48.2 Å². The summed E-state index contributed by atoms with van der Waals surface area (Å²) < 4.78 is 5.24. The minimum absolute atomic E-state index is 0.738. The van der Waals surface area contributed by atoms with E-state index in [0.717, 1.165) is 30.4 Å². The van der Waals surface area contributed by atoms with E-state index in [4.69, 9.17) is 4.74 Å². The average molecular weight is 201 g/mol. The summed E-state index contributed by atoms with van der Waals surface area (Å²) >= 11 is 2.14. The van der Waals surface area contributed by atoms with Crippen LogP contribution in [0, 0.1) is 5.92 Å². The fraction of sp³-hybridized carbons (Fsp3) is 1.00. The lowest BCUT2D eigenvalue weighted by Crippen LogP contribution is -2.54. The van der Waals surface area contributed by atoms with Gasteiger partial charge in [0.15, 0.2) is 0 Å². The third kappa shape index (κ3) is 2.20. The lowest BCUT2D eigenvalue weighted by Gasteiger charge is -2.42. The molecule has 2 aliphatic rings. The van der Waals surface area contributed by atoms with Gasteiger partial charge in [-0.3, -0.25) is 4.90 Å². The molecule has 0 aliphatic carbocycles. The van der Waals surface area contributed by atoms with E-state index in [1.807, 2.05) is 0 Å². The Morgan fingerprint density at radius 2 is 2.15 bits per heavy atom. The van der Waals surface area contributed by atoms with Crippen molar-refractivity contribution in [1.82, 2.24) is 4.90 Å². The number of nitrogens with zero attached hydrogens (tertiary/aromatic N) is 1. The zero-order valence-electron chi connectivity index (χ0n) is 8.53. The first-order valence-electron chi connectivity index (χ1n) is 5.21. The molecule has 0 aromatic heterocycles. The van der Waals surface area contributed by atoms with Crippen molar-refractivity contribution in [3.63, 3.8) is 0 Å². The van der Waals surface area contributed by atoms with E-state index in [1.54, 1.807) is 0 Å². The van der Waals surface area contributed by atoms with Crippen molar-refractivity contribution in [3.05, 3.63) is 0 Å². The molecule has 0 N–H and O–H groups in total. The van der Waals surface area contributed by atoms with Gasteiger partial charge >= 0.3 is 0 Å². The standard InChI is InChI=1S/C10H19NOS/c1-8(2)10-5-11(3-4-13-10)9-6-12-7-9/h8-10H,3-7H2,1-2H3. The molecule has 1 unspecified atom stereocenters. The Hall–Kier alpha value is 0.270. The van der Waals surface area contributed by atoms with Crippen molar-refractivity contribution in [3.8, 4) is 0 Å². The smallest absolute Gasteiger partial charge is 0.0645 e. The zero-order chi connectivity index (χ0) is 9.26. The Morgan fingerprint density at radius 1 is 1.38 bits per heavy atom. The Labute approximate surface area is 85.0 Å². The molecule has 76 valence electrons. The van der Waals surface area contributed by atoms with Gasteiger partial charge in [0.2, 0.25) is 0 Å². The number of thioether (sulfide) groups is 1. The molecule has 0 amide bonds. The van der Waals surface area contributed by atoms with Crippen LogP contribution in [0.15, 0.2) is 0 Å². The van der Waals surface area contributed by atoms with Crippen LogP contribution in [0.1, 0.15) is 13.8 Å². The summed E-state index contributed by atoms with van der Waals surface area (Å²) in [5.41, 5.74) is 0. The molecule has 0 radical (unpaired) electrons. The largest absolute Gasteiger partial charge is 0.378 e. The van der Waals surface area contributed by atoms with Gasteiger partial charge in [0.1, 0.15) is 0 Å². The van der Waals surface area contributed by atoms with Crippen molar-refractivity contribution in [1.29, 1.82) is 0 Å². The molecule has 3 heteroatoms. The molecular weight excluding hydrogens is 182 g/mol. The lowest BCUT2D eigenvalue weighted by atomic mass is 10.1. The van der Waals surface area contributed by atoms with Gasteiger partial charge in [-0.15, -0.1) is 0 Å². The maximum absolute atomic E-state index is 5.24. The van der Waals surface area contributed by atoms with E-state index in [1.165, 1.54) is 18.8 Å². The van der Waals surface area contributed by atoms with Crippen molar-refractivity contribution in [2.45, 2.75) is 25.1 Å². The molecule has 2 rings (SSSR count). The summed E-state index contributed by atoms with van der Waals surface area (Å²) in [6, 6.07) is 0.738. The second-order valence-electron chi connectivity index (χ2n) is 4.34. The van der Waals surface area contributed by atoms with Crippen LogP contribution in [0.25, 0.3) is 0 Å². The van der Waals surface area contributed by atoms with Gasteiger partial charge in [-0.25, -0.2) is 0 Å². The minimum Gasteiger partial charge on any atom is -0.378 e. The first-order valence-corrected chi connectivity index (χ1v) is 6.25. The van der Waals surface area contributed by atoms with Crippen LogP contribution in [0.2, 0.25) is 0 Å². The zero-order valence-corrected chi connectivity index (χ0v) is 9.35. The van der Waals surface area contributed by atoms with Gasteiger partial charge in [-0.05, 0) is 5.92 Å². The van der Waals surface area contributed by atoms with E-state index in [2.05, 4.69) is 30.5 Å². The predicted octanol–water partition coefficient (Wildman–Crippen LogP) is 1.46. The summed E-state index contributed by atoms with van der Waals surface area (Å²) in [5, 5.41) is 0.842. The number of ether oxygens (including phenoxy) is 1. The highest BCUT2D eigenvalue weighted by molar-refractivity contribution is 8.00. The second kappa shape index (κ2) is 4.20. The first-order chi connectivity index (χ1) is 6.27. The highest BCUT2D eigenvalue weighted by Gasteiger charge is 2.31. The van der Waals surface area contributed by atoms with E-state index in [0.29, 0.717) is 0 Å². The molecule has 0 aromatic carbocycles. The quantitative estimate of drug-likeness (QED) is 0.671. The van der Waals surface area contributed by atoms with Gasteiger partial charge in [0, 0.05) is 24.1 Å². The Morgan fingerprint density at radius 3 is 2.69 bits per heavy atom. The molecule has 13 heavy (non-hydrogen) atoms.